The average Bonchev–Trinajstić information content (AvgIpc) is 3.17. The molecule has 2 aliphatic rings. The molecule has 0 bridgehead atoms. The number of hydrogen-bond donors (Lipinski definition) is 0. The molecule has 1 unspecified atom stereocenters. The fraction of sp³-hybridized carbons (Fsp3) is 0.474. The van der Waals surface area contributed by atoms with E-state index in [0.717, 1.165) is 44.8 Å². The van der Waals surface area contributed by atoms with Crippen molar-refractivity contribution in [3.8, 4) is 0 Å². The molecule has 2 fully saturated rings. The third kappa shape index (κ3) is 3.14. The monoisotopic (exact) mass is 340 g/mol. The normalized spacial score (nSPS) is 23.6. The minimum absolute atomic E-state index is 0.167. The van der Waals surface area contributed by atoms with E-state index in [-0.39, 0.29) is 11.6 Å². The van der Waals surface area contributed by atoms with Crippen LogP contribution in [0.5, 0.6) is 0 Å². The number of cyclic esters (lactones) is 1. The highest BCUT2D eigenvalue weighted by Crippen LogP contribution is 2.32. The molecule has 0 N–H and O–H groups in total. The summed E-state index contributed by atoms with van der Waals surface area (Å²) in [4.78, 5) is 21.0. The van der Waals surface area contributed by atoms with Gasteiger partial charge < -0.3 is 9.30 Å². The summed E-state index contributed by atoms with van der Waals surface area (Å²) in [6, 6.07) is 10.4. The number of benzene rings is 1. The maximum Gasteiger partial charge on any atom is 0.410 e. The van der Waals surface area contributed by atoms with Crippen molar-refractivity contribution in [3.63, 3.8) is 0 Å². The van der Waals surface area contributed by atoms with Crippen molar-refractivity contribution in [1.82, 2.24) is 19.4 Å². The lowest BCUT2D eigenvalue weighted by atomic mass is 9.88. The van der Waals surface area contributed by atoms with Crippen LogP contribution in [0.15, 0.2) is 42.7 Å². The Bertz CT molecular complexity index is 745. The van der Waals surface area contributed by atoms with Crippen molar-refractivity contribution >= 4 is 6.09 Å². The quantitative estimate of drug-likeness (QED) is 0.831. The van der Waals surface area contributed by atoms with Crippen molar-refractivity contribution in [1.29, 1.82) is 0 Å². The summed E-state index contributed by atoms with van der Waals surface area (Å²) >= 11 is 0. The van der Waals surface area contributed by atoms with Gasteiger partial charge in [0.05, 0.1) is 5.54 Å². The Balaban J connectivity index is 1.48. The largest absolute Gasteiger partial charge is 0.447 e. The highest BCUT2D eigenvalue weighted by Gasteiger charge is 2.50. The number of ether oxygens (including phenoxy) is 1. The van der Waals surface area contributed by atoms with Gasteiger partial charge in [-0.25, -0.2) is 9.78 Å². The topological polar surface area (TPSA) is 50.6 Å². The molecule has 0 radical (unpaired) electrons. The first-order valence-corrected chi connectivity index (χ1v) is 8.83. The number of imidazole rings is 1. The summed E-state index contributed by atoms with van der Waals surface area (Å²) in [5, 5.41) is 0. The smallest absolute Gasteiger partial charge is 0.410 e. The van der Waals surface area contributed by atoms with Crippen LogP contribution in [0, 0.1) is 0 Å². The molecule has 3 heterocycles. The van der Waals surface area contributed by atoms with Gasteiger partial charge in [0.1, 0.15) is 12.4 Å². The number of piperazine rings is 1. The van der Waals surface area contributed by atoms with Crippen LogP contribution in [0.2, 0.25) is 0 Å². The predicted molar refractivity (Wildman–Crippen MR) is 94.3 cm³/mol. The van der Waals surface area contributed by atoms with Crippen LogP contribution in [0.1, 0.15) is 11.4 Å². The molecule has 2 saturated heterocycles. The van der Waals surface area contributed by atoms with E-state index in [4.69, 9.17) is 4.74 Å². The zero-order valence-corrected chi connectivity index (χ0v) is 14.6. The minimum Gasteiger partial charge on any atom is -0.447 e. The summed E-state index contributed by atoms with van der Waals surface area (Å²) in [6.07, 6.45) is 5.40. The van der Waals surface area contributed by atoms with Gasteiger partial charge in [-0.3, -0.25) is 9.80 Å². The van der Waals surface area contributed by atoms with E-state index >= 15 is 0 Å². The first-order valence-electron chi connectivity index (χ1n) is 8.83. The van der Waals surface area contributed by atoms with Gasteiger partial charge in [0.15, 0.2) is 0 Å². The van der Waals surface area contributed by atoms with Gasteiger partial charge in [0, 0.05) is 58.5 Å². The highest BCUT2D eigenvalue weighted by atomic mass is 16.6. The molecule has 25 heavy (non-hydrogen) atoms. The second-order valence-electron chi connectivity index (χ2n) is 7.07. The summed E-state index contributed by atoms with van der Waals surface area (Å²) in [5.41, 5.74) is 0.995. The van der Waals surface area contributed by atoms with Crippen molar-refractivity contribution in [2.45, 2.75) is 18.4 Å². The number of rotatable bonds is 5. The second-order valence-corrected chi connectivity index (χ2v) is 7.07. The molecule has 6 heteroatoms. The van der Waals surface area contributed by atoms with Gasteiger partial charge in [-0.15, -0.1) is 0 Å². The molecule has 1 amide bonds. The molecule has 0 spiro atoms. The lowest BCUT2D eigenvalue weighted by Gasteiger charge is -2.44. The van der Waals surface area contributed by atoms with Gasteiger partial charge in [-0.05, 0) is 5.56 Å². The highest BCUT2D eigenvalue weighted by molar-refractivity contribution is 5.71. The summed E-state index contributed by atoms with van der Waals surface area (Å²) in [6.45, 7) is 3.88. The van der Waals surface area contributed by atoms with Crippen molar-refractivity contribution < 1.29 is 9.53 Å². The Kier molecular flexibility index (Phi) is 4.21. The van der Waals surface area contributed by atoms with Gasteiger partial charge in [0.2, 0.25) is 0 Å². The predicted octanol–water partition coefficient (Wildman–Crippen LogP) is 1.71. The van der Waals surface area contributed by atoms with Crippen LogP contribution in [0.3, 0.4) is 0 Å². The van der Waals surface area contributed by atoms with E-state index in [1.54, 1.807) is 0 Å². The van der Waals surface area contributed by atoms with E-state index in [2.05, 4.69) is 38.7 Å². The lowest BCUT2D eigenvalue weighted by Crippen LogP contribution is -2.62. The number of carbonyl (C=O) groups excluding carboxylic acids is 1. The maximum absolute atomic E-state index is 12.2. The van der Waals surface area contributed by atoms with E-state index in [1.807, 2.05) is 30.4 Å². The Labute approximate surface area is 148 Å². The average molecular weight is 340 g/mol. The van der Waals surface area contributed by atoms with Crippen molar-refractivity contribution in [2.24, 2.45) is 7.05 Å². The third-order valence-electron chi connectivity index (χ3n) is 5.36. The first-order chi connectivity index (χ1) is 12.2. The SMILES string of the molecule is Cn1ccnc1CCN1CCN2C(=O)OCC2(Cc2ccccc2)C1. The van der Waals surface area contributed by atoms with Crippen LogP contribution in [-0.2, 0) is 24.6 Å². The molecule has 6 nitrogen and oxygen atoms in total. The maximum atomic E-state index is 12.2. The van der Waals surface area contributed by atoms with E-state index < -0.39 is 0 Å². The molecular formula is C19H24N4O2. The summed E-state index contributed by atoms with van der Waals surface area (Å²) in [7, 11) is 2.03. The van der Waals surface area contributed by atoms with Crippen LogP contribution in [0.4, 0.5) is 4.79 Å². The molecule has 0 aliphatic carbocycles. The summed E-state index contributed by atoms with van der Waals surface area (Å²) < 4.78 is 7.50. The molecule has 132 valence electrons. The Hall–Kier alpha value is -2.34. The molecule has 1 aromatic carbocycles. The van der Waals surface area contributed by atoms with Crippen LogP contribution in [0.25, 0.3) is 0 Å². The lowest BCUT2D eigenvalue weighted by molar-refractivity contribution is 0.0521. The zero-order chi connectivity index (χ0) is 17.3. The van der Waals surface area contributed by atoms with Crippen molar-refractivity contribution in [2.75, 3.05) is 32.8 Å². The number of nitrogens with zero attached hydrogens (tertiary/aromatic N) is 4. The van der Waals surface area contributed by atoms with Crippen LogP contribution >= 0.6 is 0 Å². The Morgan fingerprint density at radius 3 is 2.84 bits per heavy atom. The first kappa shape index (κ1) is 16.1. The minimum atomic E-state index is -0.252. The number of carbonyl (C=O) groups is 1. The second kappa shape index (κ2) is 6.52. The van der Waals surface area contributed by atoms with Crippen LogP contribution in [-0.4, -0.2) is 63.8 Å². The van der Waals surface area contributed by atoms with E-state index in [1.165, 1.54) is 5.56 Å². The molecule has 2 aliphatic heterocycles. The van der Waals surface area contributed by atoms with Crippen LogP contribution < -0.4 is 0 Å². The molecule has 4 rings (SSSR count). The van der Waals surface area contributed by atoms with Gasteiger partial charge in [-0.2, -0.15) is 0 Å². The molecule has 2 aromatic rings. The van der Waals surface area contributed by atoms with Gasteiger partial charge in [0.25, 0.3) is 0 Å². The fourth-order valence-corrected chi connectivity index (χ4v) is 4.01. The van der Waals surface area contributed by atoms with Gasteiger partial charge >= 0.3 is 6.09 Å². The number of hydrogen-bond acceptors (Lipinski definition) is 4. The summed E-state index contributed by atoms with van der Waals surface area (Å²) in [5.74, 6) is 1.10. The number of aryl methyl sites for hydroxylation is 1. The Morgan fingerprint density at radius 1 is 1.24 bits per heavy atom. The zero-order valence-electron chi connectivity index (χ0n) is 14.6. The van der Waals surface area contributed by atoms with E-state index in [9.17, 15) is 4.79 Å². The molecule has 1 aromatic heterocycles. The van der Waals surface area contributed by atoms with Gasteiger partial charge in [-0.1, -0.05) is 30.3 Å². The number of aromatic nitrogens is 2. The number of amides is 1. The third-order valence-corrected chi connectivity index (χ3v) is 5.36. The number of fused-ring (bicyclic) bond motifs is 1. The fourth-order valence-electron chi connectivity index (χ4n) is 4.01. The van der Waals surface area contributed by atoms with E-state index in [0.29, 0.717) is 6.61 Å². The molecule has 1 atom stereocenters. The molecular weight excluding hydrogens is 316 g/mol. The van der Waals surface area contributed by atoms with Crippen molar-refractivity contribution in [3.05, 3.63) is 54.1 Å². The molecule has 0 saturated carbocycles. The standard InChI is InChI=1S/C19H24N4O2/c1-21-10-8-20-17(21)7-9-22-11-12-23-18(24)25-15-19(23,14-22)13-16-5-3-2-4-6-16/h2-6,8,10H,7,9,11-15H2,1H3. The Morgan fingerprint density at radius 2 is 2.08 bits per heavy atom.